The number of aryl methyl sites for hydroxylation is 1. The van der Waals surface area contributed by atoms with E-state index in [4.69, 9.17) is 14.6 Å². The van der Waals surface area contributed by atoms with Gasteiger partial charge in [0.1, 0.15) is 28.0 Å². The topological polar surface area (TPSA) is 97.8 Å². The highest BCUT2D eigenvalue weighted by atomic mass is 32.1. The number of rotatable bonds is 8. The fourth-order valence-corrected chi connectivity index (χ4v) is 3.13. The summed E-state index contributed by atoms with van der Waals surface area (Å²) in [5, 5.41) is 12.5. The summed E-state index contributed by atoms with van der Waals surface area (Å²) in [6.45, 7) is 7.21. The molecule has 7 nitrogen and oxygen atoms in total. The molecule has 1 unspecified atom stereocenters. The van der Waals surface area contributed by atoms with Crippen molar-refractivity contribution in [2.24, 2.45) is 0 Å². The number of carbonyl (C=O) groups is 2. The number of benzene rings is 1. The van der Waals surface area contributed by atoms with Crippen LogP contribution in [0.5, 0.6) is 11.5 Å². The van der Waals surface area contributed by atoms with Gasteiger partial charge in [-0.25, -0.2) is 9.78 Å². The van der Waals surface area contributed by atoms with Gasteiger partial charge in [-0.05, 0) is 26.0 Å². The van der Waals surface area contributed by atoms with Gasteiger partial charge in [0, 0.05) is 6.07 Å². The van der Waals surface area contributed by atoms with Gasteiger partial charge in [0.15, 0.2) is 0 Å². The van der Waals surface area contributed by atoms with Crippen LogP contribution in [0.25, 0.3) is 0 Å². The molecule has 0 saturated carbocycles. The molecule has 1 atom stereocenters. The summed E-state index contributed by atoms with van der Waals surface area (Å²) in [7, 11) is 1.53. The van der Waals surface area contributed by atoms with Crippen LogP contribution in [0.15, 0.2) is 30.9 Å². The molecule has 0 bridgehead atoms. The van der Waals surface area contributed by atoms with E-state index in [-0.39, 0.29) is 17.4 Å². The third-order valence-corrected chi connectivity index (χ3v) is 4.84. The molecule has 26 heavy (non-hydrogen) atoms. The van der Waals surface area contributed by atoms with Crippen molar-refractivity contribution >= 4 is 23.2 Å². The predicted octanol–water partition coefficient (Wildman–Crippen LogP) is 3.21. The van der Waals surface area contributed by atoms with Gasteiger partial charge in [0.05, 0.1) is 24.4 Å². The number of hydrogen-bond acceptors (Lipinski definition) is 6. The Hall–Kier alpha value is -2.87. The molecular formula is C18H20N2O5S. The molecule has 1 aromatic carbocycles. The quantitative estimate of drug-likeness (QED) is 0.687. The van der Waals surface area contributed by atoms with Gasteiger partial charge in [-0.15, -0.1) is 11.3 Å². The molecule has 138 valence electrons. The number of aromatic nitrogens is 1. The molecule has 1 aromatic heterocycles. The molecule has 8 heteroatoms. The molecule has 0 aliphatic heterocycles. The van der Waals surface area contributed by atoms with Gasteiger partial charge < -0.3 is 19.9 Å². The number of aromatic carboxylic acids is 1. The highest BCUT2D eigenvalue weighted by molar-refractivity contribution is 7.13. The van der Waals surface area contributed by atoms with E-state index in [1.54, 1.807) is 38.1 Å². The lowest BCUT2D eigenvalue weighted by Crippen LogP contribution is -2.27. The first-order valence-electron chi connectivity index (χ1n) is 7.80. The zero-order valence-electron chi connectivity index (χ0n) is 14.7. The molecule has 0 spiro atoms. The average molecular weight is 376 g/mol. The number of ether oxygens (including phenoxy) is 2. The van der Waals surface area contributed by atoms with Crippen molar-refractivity contribution in [2.45, 2.75) is 19.9 Å². The van der Waals surface area contributed by atoms with Crippen LogP contribution in [0.4, 0.5) is 0 Å². The van der Waals surface area contributed by atoms with Gasteiger partial charge >= 0.3 is 5.97 Å². The van der Waals surface area contributed by atoms with Crippen molar-refractivity contribution in [2.75, 3.05) is 13.7 Å². The first kappa shape index (κ1) is 19.5. The van der Waals surface area contributed by atoms with Gasteiger partial charge in [-0.3, -0.25) is 4.79 Å². The molecule has 0 fully saturated rings. The Morgan fingerprint density at radius 1 is 1.46 bits per heavy atom. The molecule has 0 aliphatic carbocycles. The monoisotopic (exact) mass is 376 g/mol. The zero-order chi connectivity index (χ0) is 19.3. The first-order chi connectivity index (χ1) is 12.4. The number of carboxylic acids is 1. The van der Waals surface area contributed by atoms with E-state index < -0.39 is 12.0 Å². The molecular weight excluding hydrogens is 356 g/mol. The van der Waals surface area contributed by atoms with Crippen molar-refractivity contribution in [3.8, 4) is 11.5 Å². The van der Waals surface area contributed by atoms with Crippen LogP contribution >= 0.6 is 11.3 Å². The minimum absolute atomic E-state index is 0.167. The Balaban J connectivity index is 2.22. The van der Waals surface area contributed by atoms with Crippen molar-refractivity contribution in [1.29, 1.82) is 0 Å². The average Bonchev–Trinajstić information content (AvgIpc) is 3.01. The molecule has 2 aromatic rings. The van der Waals surface area contributed by atoms with Crippen LogP contribution in [-0.4, -0.2) is 35.7 Å². The van der Waals surface area contributed by atoms with E-state index in [9.17, 15) is 9.59 Å². The fraction of sp³-hybridized carbons (Fsp3) is 0.278. The summed E-state index contributed by atoms with van der Waals surface area (Å²) >= 11 is 1.05. The Morgan fingerprint density at radius 3 is 2.77 bits per heavy atom. The van der Waals surface area contributed by atoms with Crippen LogP contribution < -0.4 is 14.8 Å². The highest BCUT2D eigenvalue weighted by Crippen LogP contribution is 2.27. The summed E-state index contributed by atoms with van der Waals surface area (Å²) in [5.41, 5.74) is 0.768. The normalized spacial score (nSPS) is 11.5. The minimum atomic E-state index is -1.03. The largest absolute Gasteiger partial charge is 0.497 e. The van der Waals surface area contributed by atoms with Gasteiger partial charge in [-0.1, -0.05) is 12.7 Å². The van der Waals surface area contributed by atoms with E-state index >= 15 is 0 Å². The van der Waals surface area contributed by atoms with Crippen molar-refractivity contribution < 1.29 is 24.2 Å². The van der Waals surface area contributed by atoms with Crippen molar-refractivity contribution in [3.05, 3.63) is 52.0 Å². The number of carboxylic acid groups (broad SMARTS) is 1. The van der Waals surface area contributed by atoms with Gasteiger partial charge in [0.25, 0.3) is 5.91 Å². The SMILES string of the molecule is C=CCOc1cc(OC)ccc1C(=O)NC(C)c1nc(C)c(C(=O)O)s1. The predicted molar refractivity (Wildman–Crippen MR) is 98.4 cm³/mol. The number of amides is 1. The smallest absolute Gasteiger partial charge is 0.347 e. The lowest BCUT2D eigenvalue weighted by Gasteiger charge is -2.15. The second kappa shape index (κ2) is 8.48. The fourth-order valence-electron chi connectivity index (χ4n) is 2.22. The summed E-state index contributed by atoms with van der Waals surface area (Å²) in [6, 6.07) is 4.44. The van der Waals surface area contributed by atoms with E-state index in [0.29, 0.717) is 27.8 Å². The Labute approximate surface area is 155 Å². The zero-order valence-corrected chi connectivity index (χ0v) is 15.6. The summed E-state index contributed by atoms with van der Waals surface area (Å²) < 4.78 is 10.7. The number of hydrogen-bond donors (Lipinski definition) is 2. The number of methoxy groups -OCH3 is 1. The summed E-state index contributed by atoms with van der Waals surface area (Å²) in [6.07, 6.45) is 1.58. The maximum absolute atomic E-state index is 12.6. The third-order valence-electron chi connectivity index (χ3n) is 3.52. The van der Waals surface area contributed by atoms with E-state index in [1.165, 1.54) is 7.11 Å². The van der Waals surface area contributed by atoms with Gasteiger partial charge in [0.2, 0.25) is 0 Å². The Morgan fingerprint density at radius 2 is 2.19 bits per heavy atom. The van der Waals surface area contributed by atoms with E-state index in [0.717, 1.165) is 11.3 Å². The van der Waals surface area contributed by atoms with E-state index in [1.807, 2.05) is 0 Å². The second-order valence-corrected chi connectivity index (χ2v) is 6.46. The lowest BCUT2D eigenvalue weighted by molar-refractivity contribution is 0.0700. The number of nitrogens with one attached hydrogen (secondary N) is 1. The lowest BCUT2D eigenvalue weighted by atomic mass is 10.1. The summed E-state index contributed by atoms with van der Waals surface area (Å²) in [4.78, 5) is 28.2. The van der Waals surface area contributed by atoms with Crippen LogP contribution in [0.1, 0.15) is 43.7 Å². The molecule has 2 rings (SSSR count). The van der Waals surface area contributed by atoms with Crippen LogP contribution in [0.3, 0.4) is 0 Å². The Bertz CT molecular complexity index is 831. The van der Waals surface area contributed by atoms with E-state index in [2.05, 4.69) is 16.9 Å². The molecule has 1 heterocycles. The number of nitrogens with zero attached hydrogens (tertiary/aromatic N) is 1. The standard InChI is InChI=1S/C18H20N2O5S/c1-5-8-25-14-9-12(24-4)6-7-13(14)16(21)19-11(3)17-20-10(2)15(26-17)18(22)23/h5-7,9,11H,1,8H2,2-4H3,(H,19,21)(H,22,23). The Kier molecular flexibility index (Phi) is 6.35. The molecule has 2 N–H and O–H groups in total. The maximum atomic E-state index is 12.6. The molecule has 1 amide bonds. The highest BCUT2D eigenvalue weighted by Gasteiger charge is 2.21. The first-order valence-corrected chi connectivity index (χ1v) is 8.62. The number of carbonyl (C=O) groups excluding carboxylic acids is 1. The van der Waals surface area contributed by atoms with Crippen LogP contribution in [-0.2, 0) is 0 Å². The van der Waals surface area contributed by atoms with Crippen LogP contribution in [0.2, 0.25) is 0 Å². The molecule has 0 radical (unpaired) electrons. The molecule has 0 aliphatic rings. The number of thiazole rings is 1. The van der Waals surface area contributed by atoms with Gasteiger partial charge in [-0.2, -0.15) is 0 Å². The van der Waals surface area contributed by atoms with Crippen LogP contribution in [0, 0.1) is 6.92 Å². The molecule has 0 saturated heterocycles. The second-order valence-electron chi connectivity index (χ2n) is 5.43. The minimum Gasteiger partial charge on any atom is -0.497 e. The summed E-state index contributed by atoms with van der Waals surface area (Å²) in [5.74, 6) is -0.449. The van der Waals surface area contributed by atoms with Crippen molar-refractivity contribution in [1.82, 2.24) is 10.3 Å². The third kappa shape index (κ3) is 4.40. The van der Waals surface area contributed by atoms with Crippen molar-refractivity contribution in [3.63, 3.8) is 0 Å². The maximum Gasteiger partial charge on any atom is 0.347 e.